The van der Waals surface area contributed by atoms with Crippen molar-refractivity contribution < 1.29 is 9.53 Å². The summed E-state index contributed by atoms with van der Waals surface area (Å²) in [6.07, 6.45) is 5.15. The molecule has 6 heteroatoms. The molecule has 0 radical (unpaired) electrons. The highest BCUT2D eigenvalue weighted by atomic mass is 16.5. The van der Waals surface area contributed by atoms with Crippen molar-refractivity contribution in [2.24, 2.45) is 5.92 Å². The molecule has 2 rings (SSSR count). The highest BCUT2D eigenvalue weighted by Crippen LogP contribution is 2.25. The van der Waals surface area contributed by atoms with Crippen molar-refractivity contribution in [3.8, 4) is 0 Å². The molecule has 0 spiro atoms. The third-order valence-electron chi connectivity index (χ3n) is 3.66. The maximum atomic E-state index is 11.7. The summed E-state index contributed by atoms with van der Waals surface area (Å²) in [7, 11) is 0. The Hall–Kier alpha value is -1.69. The van der Waals surface area contributed by atoms with Crippen LogP contribution in [0.25, 0.3) is 0 Å². The molecule has 1 aromatic rings. The van der Waals surface area contributed by atoms with Crippen LogP contribution in [-0.2, 0) is 4.74 Å². The lowest BCUT2D eigenvalue weighted by atomic mass is 9.88. The van der Waals surface area contributed by atoms with Crippen LogP contribution in [0.4, 0.5) is 0 Å². The molecule has 2 N–H and O–H groups in total. The van der Waals surface area contributed by atoms with Crippen LogP contribution < -0.4 is 10.9 Å². The topological polar surface area (TPSA) is 84.1 Å². The van der Waals surface area contributed by atoms with Gasteiger partial charge in [0, 0.05) is 12.6 Å². The van der Waals surface area contributed by atoms with E-state index in [-0.39, 0.29) is 17.2 Å². The van der Waals surface area contributed by atoms with Crippen LogP contribution in [0.1, 0.15) is 43.1 Å². The molecular formula is C14H21N3O3. The minimum absolute atomic E-state index is 0.204. The SMILES string of the molecule is C[C@H]1CCCC[C@H]1OCCNC(=O)c1ccc(=O)[nH]n1. The third kappa shape index (κ3) is 4.16. The van der Waals surface area contributed by atoms with Crippen molar-refractivity contribution in [2.45, 2.75) is 38.7 Å². The zero-order valence-electron chi connectivity index (χ0n) is 11.7. The van der Waals surface area contributed by atoms with Gasteiger partial charge in [0.15, 0.2) is 0 Å². The number of ether oxygens (including phenoxy) is 1. The second-order valence-electron chi connectivity index (χ2n) is 5.23. The number of aromatic amines is 1. The highest BCUT2D eigenvalue weighted by Gasteiger charge is 2.21. The summed E-state index contributed by atoms with van der Waals surface area (Å²) in [5, 5.41) is 8.62. The van der Waals surface area contributed by atoms with E-state index in [1.165, 1.54) is 31.4 Å². The van der Waals surface area contributed by atoms with E-state index in [1.807, 2.05) is 0 Å². The highest BCUT2D eigenvalue weighted by molar-refractivity contribution is 5.91. The molecule has 0 bridgehead atoms. The van der Waals surface area contributed by atoms with Gasteiger partial charge < -0.3 is 10.1 Å². The summed E-state index contributed by atoms with van der Waals surface area (Å²) in [5.74, 6) is 0.293. The molecule has 1 heterocycles. The molecule has 0 aromatic carbocycles. The molecule has 20 heavy (non-hydrogen) atoms. The largest absolute Gasteiger partial charge is 0.376 e. The van der Waals surface area contributed by atoms with Crippen LogP contribution in [0.2, 0.25) is 0 Å². The van der Waals surface area contributed by atoms with Gasteiger partial charge in [-0.25, -0.2) is 5.10 Å². The molecule has 1 saturated carbocycles. The van der Waals surface area contributed by atoms with Crippen LogP contribution in [0.5, 0.6) is 0 Å². The molecule has 1 aliphatic carbocycles. The van der Waals surface area contributed by atoms with Gasteiger partial charge in [-0.05, 0) is 24.8 Å². The first-order chi connectivity index (χ1) is 9.66. The lowest BCUT2D eigenvalue weighted by Crippen LogP contribution is -2.32. The Morgan fingerprint density at radius 2 is 2.25 bits per heavy atom. The summed E-state index contributed by atoms with van der Waals surface area (Å²) in [6.45, 7) is 3.17. The fourth-order valence-electron chi connectivity index (χ4n) is 2.47. The van der Waals surface area contributed by atoms with E-state index in [9.17, 15) is 9.59 Å². The fourth-order valence-corrected chi connectivity index (χ4v) is 2.47. The van der Waals surface area contributed by atoms with Crippen LogP contribution in [0, 0.1) is 5.92 Å². The maximum Gasteiger partial charge on any atom is 0.271 e. The van der Waals surface area contributed by atoms with Gasteiger partial charge in [-0.1, -0.05) is 19.8 Å². The van der Waals surface area contributed by atoms with Crippen molar-refractivity contribution in [3.63, 3.8) is 0 Å². The Morgan fingerprint density at radius 1 is 1.45 bits per heavy atom. The molecule has 0 unspecified atom stereocenters. The molecule has 2 atom stereocenters. The second kappa shape index (κ2) is 7.19. The normalized spacial score (nSPS) is 22.4. The Kier molecular flexibility index (Phi) is 5.29. The van der Waals surface area contributed by atoms with E-state index < -0.39 is 0 Å². The molecule has 1 aromatic heterocycles. The number of carbonyl (C=O) groups excluding carboxylic acids is 1. The average molecular weight is 279 g/mol. The zero-order valence-corrected chi connectivity index (χ0v) is 11.7. The predicted molar refractivity (Wildman–Crippen MR) is 74.6 cm³/mol. The minimum Gasteiger partial charge on any atom is -0.376 e. The van der Waals surface area contributed by atoms with Gasteiger partial charge in [0.2, 0.25) is 0 Å². The molecule has 6 nitrogen and oxygen atoms in total. The number of H-pyrrole nitrogens is 1. The number of hydrogen-bond acceptors (Lipinski definition) is 4. The van der Waals surface area contributed by atoms with Crippen molar-refractivity contribution >= 4 is 5.91 Å². The first-order valence-electron chi connectivity index (χ1n) is 7.12. The van der Waals surface area contributed by atoms with Gasteiger partial charge >= 0.3 is 0 Å². The minimum atomic E-state index is -0.323. The standard InChI is InChI=1S/C14H21N3O3/c1-10-4-2-3-5-12(10)20-9-8-15-14(19)11-6-7-13(18)17-16-11/h6-7,10,12H,2-5,8-9H2,1H3,(H,15,19)(H,17,18)/t10-,12+/m0/s1. The van der Waals surface area contributed by atoms with Gasteiger partial charge in [0.25, 0.3) is 11.5 Å². The number of aromatic nitrogens is 2. The van der Waals surface area contributed by atoms with Crippen LogP contribution >= 0.6 is 0 Å². The molecule has 1 amide bonds. The lowest BCUT2D eigenvalue weighted by molar-refractivity contribution is -0.00295. The number of carbonyl (C=O) groups is 1. The summed E-state index contributed by atoms with van der Waals surface area (Å²) < 4.78 is 5.81. The Balaban J connectivity index is 1.69. The summed E-state index contributed by atoms with van der Waals surface area (Å²) in [5.41, 5.74) is -0.119. The summed E-state index contributed by atoms with van der Waals surface area (Å²) >= 11 is 0. The fraction of sp³-hybridized carbons (Fsp3) is 0.643. The van der Waals surface area contributed by atoms with E-state index in [2.05, 4.69) is 22.4 Å². The Bertz CT molecular complexity index is 480. The molecule has 0 saturated heterocycles. The number of hydrogen-bond donors (Lipinski definition) is 2. The monoisotopic (exact) mass is 279 g/mol. The van der Waals surface area contributed by atoms with E-state index in [0.29, 0.717) is 25.2 Å². The molecule has 0 aliphatic heterocycles. The van der Waals surface area contributed by atoms with Gasteiger partial charge in [-0.2, -0.15) is 5.10 Å². The second-order valence-corrected chi connectivity index (χ2v) is 5.23. The third-order valence-corrected chi connectivity index (χ3v) is 3.66. The van der Waals surface area contributed by atoms with Gasteiger partial charge in [0.1, 0.15) is 5.69 Å². The molecule has 1 aliphatic rings. The first kappa shape index (κ1) is 14.7. The van der Waals surface area contributed by atoms with Crippen LogP contribution in [0.15, 0.2) is 16.9 Å². The average Bonchev–Trinajstić information content (AvgIpc) is 2.46. The van der Waals surface area contributed by atoms with Crippen molar-refractivity contribution in [1.82, 2.24) is 15.5 Å². The lowest BCUT2D eigenvalue weighted by Gasteiger charge is -2.28. The molecule has 110 valence electrons. The Morgan fingerprint density at radius 3 is 2.95 bits per heavy atom. The van der Waals surface area contributed by atoms with Crippen molar-refractivity contribution in [2.75, 3.05) is 13.2 Å². The van der Waals surface area contributed by atoms with Gasteiger partial charge in [-0.3, -0.25) is 9.59 Å². The number of amides is 1. The van der Waals surface area contributed by atoms with E-state index in [1.54, 1.807) is 0 Å². The van der Waals surface area contributed by atoms with Crippen LogP contribution in [-0.4, -0.2) is 35.4 Å². The summed E-state index contributed by atoms with van der Waals surface area (Å²) in [4.78, 5) is 22.6. The number of nitrogens with zero attached hydrogens (tertiary/aromatic N) is 1. The van der Waals surface area contributed by atoms with Gasteiger partial charge in [-0.15, -0.1) is 0 Å². The van der Waals surface area contributed by atoms with Crippen molar-refractivity contribution in [1.29, 1.82) is 0 Å². The maximum absolute atomic E-state index is 11.7. The quantitative estimate of drug-likeness (QED) is 0.790. The summed E-state index contributed by atoms with van der Waals surface area (Å²) in [6, 6.07) is 2.68. The van der Waals surface area contributed by atoms with E-state index in [4.69, 9.17) is 4.74 Å². The first-order valence-corrected chi connectivity index (χ1v) is 7.12. The number of rotatable bonds is 5. The molecular weight excluding hydrogens is 258 g/mol. The molecule has 1 fully saturated rings. The zero-order chi connectivity index (χ0) is 14.4. The van der Waals surface area contributed by atoms with E-state index in [0.717, 1.165) is 6.42 Å². The van der Waals surface area contributed by atoms with Crippen LogP contribution in [0.3, 0.4) is 0 Å². The Labute approximate surface area is 117 Å². The predicted octanol–water partition coefficient (Wildman–Crippen LogP) is 1.09. The number of nitrogens with one attached hydrogen (secondary N) is 2. The van der Waals surface area contributed by atoms with E-state index >= 15 is 0 Å². The van der Waals surface area contributed by atoms with Crippen molar-refractivity contribution in [3.05, 3.63) is 28.2 Å². The smallest absolute Gasteiger partial charge is 0.271 e. The van der Waals surface area contributed by atoms with Gasteiger partial charge in [0.05, 0.1) is 12.7 Å².